The fourth-order valence-electron chi connectivity index (χ4n) is 3.78. The fraction of sp³-hybridized carbons (Fsp3) is 0.364. The van der Waals surface area contributed by atoms with Crippen LogP contribution in [0.15, 0.2) is 29.1 Å². The Morgan fingerprint density at radius 1 is 1.07 bits per heavy atom. The number of aryl methyl sites for hydroxylation is 1. The van der Waals surface area contributed by atoms with E-state index in [0.717, 1.165) is 5.56 Å². The van der Waals surface area contributed by atoms with Gasteiger partial charge in [-0.25, -0.2) is 0 Å². The second-order valence-electron chi connectivity index (χ2n) is 6.65. The molecular weight excluding hydrogens is 374 g/mol. The Labute approximate surface area is 173 Å². The molecule has 1 amide bonds. The lowest BCUT2D eigenvalue weighted by molar-refractivity contribution is -0.119. The molecule has 0 fully saturated rings. The first-order valence-electron chi connectivity index (χ1n) is 10.6. The zero-order valence-corrected chi connectivity index (χ0v) is 16.8. The van der Waals surface area contributed by atoms with Crippen molar-refractivity contribution in [3.05, 3.63) is 45.6 Å². The first-order valence-corrected chi connectivity index (χ1v) is 9.06. The van der Waals surface area contributed by atoms with Crippen LogP contribution in [-0.2, 0) is 11.2 Å². The van der Waals surface area contributed by atoms with Crippen molar-refractivity contribution in [1.82, 2.24) is 5.32 Å². The standard InChI is InChI=1S/C22H25NO6/c1-12(24)23-16-8-6-13-10-19(27-3)21(28-4)22(29-5)20(13)14-7-9-18(26-2)17(25)11-15(14)16/h7,9-11,16H,6,8H2,1-5H3,(H,23,24)/t16-/m0/s1/i2D3. The van der Waals surface area contributed by atoms with Crippen molar-refractivity contribution in [3.8, 4) is 34.1 Å². The molecule has 0 bridgehead atoms. The molecule has 0 saturated heterocycles. The quantitative estimate of drug-likeness (QED) is 0.828. The van der Waals surface area contributed by atoms with Gasteiger partial charge in [-0.3, -0.25) is 9.59 Å². The molecule has 3 rings (SSSR count). The number of hydrogen-bond acceptors (Lipinski definition) is 6. The zero-order chi connectivity index (χ0) is 23.6. The Balaban J connectivity index is 2.38. The average Bonchev–Trinajstić information content (AvgIpc) is 2.95. The molecule has 1 N–H and O–H groups in total. The average molecular weight is 402 g/mol. The monoisotopic (exact) mass is 402 g/mol. The van der Waals surface area contributed by atoms with Gasteiger partial charge in [-0.05, 0) is 47.7 Å². The number of carbonyl (C=O) groups is 1. The van der Waals surface area contributed by atoms with Crippen LogP contribution in [-0.4, -0.2) is 34.3 Å². The predicted octanol–water partition coefficient (Wildman–Crippen LogP) is 2.87. The third-order valence-electron chi connectivity index (χ3n) is 4.99. The topological polar surface area (TPSA) is 83.1 Å². The summed E-state index contributed by atoms with van der Waals surface area (Å²) in [6, 6.07) is 5.58. The molecule has 0 spiro atoms. The van der Waals surface area contributed by atoms with Gasteiger partial charge in [0.1, 0.15) is 0 Å². The first kappa shape index (κ1) is 16.7. The van der Waals surface area contributed by atoms with Crippen LogP contribution in [0.3, 0.4) is 0 Å². The molecular formula is C22H25NO6. The summed E-state index contributed by atoms with van der Waals surface area (Å²) < 4.78 is 43.6. The summed E-state index contributed by atoms with van der Waals surface area (Å²) in [6.45, 7) is 1.40. The Morgan fingerprint density at radius 2 is 1.83 bits per heavy atom. The van der Waals surface area contributed by atoms with Crippen molar-refractivity contribution in [1.29, 1.82) is 0 Å². The highest BCUT2D eigenvalue weighted by Crippen LogP contribution is 2.50. The van der Waals surface area contributed by atoms with Gasteiger partial charge in [-0.1, -0.05) is 6.07 Å². The van der Waals surface area contributed by atoms with E-state index < -0.39 is 18.5 Å². The van der Waals surface area contributed by atoms with Crippen molar-refractivity contribution in [2.45, 2.75) is 25.8 Å². The number of fused-ring (bicyclic) bond motifs is 3. The van der Waals surface area contributed by atoms with E-state index >= 15 is 0 Å². The van der Waals surface area contributed by atoms with Gasteiger partial charge < -0.3 is 24.3 Å². The van der Waals surface area contributed by atoms with Gasteiger partial charge in [0, 0.05) is 12.5 Å². The van der Waals surface area contributed by atoms with Crippen LogP contribution in [0.5, 0.6) is 23.0 Å². The molecule has 0 heterocycles. The molecule has 0 aromatic heterocycles. The maximum Gasteiger partial charge on any atom is 0.220 e. The molecule has 1 aliphatic rings. The number of benzene rings is 1. The van der Waals surface area contributed by atoms with Crippen LogP contribution in [0.4, 0.5) is 0 Å². The maximum absolute atomic E-state index is 12.8. The molecule has 7 nitrogen and oxygen atoms in total. The van der Waals surface area contributed by atoms with E-state index in [4.69, 9.17) is 23.1 Å². The van der Waals surface area contributed by atoms with E-state index in [9.17, 15) is 9.59 Å². The highest BCUT2D eigenvalue weighted by Gasteiger charge is 2.29. The SMILES string of the molecule is [2H]C([2H])([2H])Oc1ccc2c(cc1=O)[C@@H](NC(C)=O)CCc1cc(OC)c(OC)c(OC)c1-2. The molecule has 1 atom stereocenters. The Morgan fingerprint density at radius 3 is 2.45 bits per heavy atom. The van der Waals surface area contributed by atoms with E-state index in [1.807, 2.05) is 6.07 Å². The van der Waals surface area contributed by atoms with Crippen molar-refractivity contribution in [2.75, 3.05) is 28.4 Å². The molecule has 2 aromatic rings. The van der Waals surface area contributed by atoms with Gasteiger partial charge in [0.15, 0.2) is 17.2 Å². The molecule has 1 aliphatic carbocycles. The highest BCUT2D eigenvalue weighted by molar-refractivity contribution is 5.83. The molecule has 7 heteroatoms. The largest absolute Gasteiger partial charge is 0.493 e. The van der Waals surface area contributed by atoms with E-state index in [2.05, 4.69) is 5.32 Å². The molecule has 0 aliphatic heterocycles. The minimum Gasteiger partial charge on any atom is -0.493 e. The van der Waals surface area contributed by atoms with E-state index in [-0.39, 0.29) is 11.7 Å². The van der Waals surface area contributed by atoms with Crippen molar-refractivity contribution in [3.63, 3.8) is 0 Å². The fourth-order valence-corrected chi connectivity index (χ4v) is 3.78. The smallest absolute Gasteiger partial charge is 0.220 e. The molecule has 0 radical (unpaired) electrons. The summed E-state index contributed by atoms with van der Waals surface area (Å²) in [4.78, 5) is 24.7. The maximum atomic E-state index is 12.8. The van der Waals surface area contributed by atoms with Crippen LogP contribution < -0.4 is 29.7 Å². The summed E-state index contributed by atoms with van der Waals surface area (Å²) >= 11 is 0. The van der Waals surface area contributed by atoms with Crippen LogP contribution in [0, 0.1) is 0 Å². The summed E-state index contributed by atoms with van der Waals surface area (Å²) in [5, 5.41) is 2.88. The molecule has 154 valence electrons. The molecule has 2 aromatic carbocycles. The highest BCUT2D eigenvalue weighted by atomic mass is 16.5. The first-order chi connectivity index (χ1) is 15.1. The van der Waals surface area contributed by atoms with Crippen LogP contribution in [0.2, 0.25) is 0 Å². The number of methoxy groups -OCH3 is 4. The number of rotatable bonds is 5. The summed E-state index contributed by atoms with van der Waals surface area (Å²) in [6.07, 6.45) is 1.05. The van der Waals surface area contributed by atoms with E-state index in [0.29, 0.717) is 46.8 Å². The Kier molecular flexibility index (Phi) is 4.85. The van der Waals surface area contributed by atoms with E-state index in [1.165, 1.54) is 40.4 Å². The zero-order valence-electron chi connectivity index (χ0n) is 19.8. The van der Waals surface area contributed by atoms with Gasteiger partial charge in [-0.2, -0.15) is 0 Å². The molecule has 29 heavy (non-hydrogen) atoms. The van der Waals surface area contributed by atoms with Gasteiger partial charge in [0.05, 0.1) is 38.5 Å². The Bertz CT molecular complexity index is 1100. The van der Waals surface area contributed by atoms with Crippen molar-refractivity contribution < 1.29 is 27.9 Å². The predicted molar refractivity (Wildman–Crippen MR) is 109 cm³/mol. The summed E-state index contributed by atoms with van der Waals surface area (Å²) in [7, 11) is 1.73. The number of nitrogens with one attached hydrogen (secondary N) is 1. The minimum atomic E-state index is -2.78. The van der Waals surface area contributed by atoms with E-state index in [1.54, 1.807) is 6.07 Å². The normalized spacial score (nSPS) is 16.7. The van der Waals surface area contributed by atoms with Gasteiger partial charge in [-0.15, -0.1) is 0 Å². The number of hydrogen-bond donors (Lipinski definition) is 1. The van der Waals surface area contributed by atoms with Gasteiger partial charge in [0.25, 0.3) is 0 Å². The van der Waals surface area contributed by atoms with Crippen LogP contribution in [0.25, 0.3) is 11.1 Å². The van der Waals surface area contributed by atoms with Crippen LogP contribution >= 0.6 is 0 Å². The number of ether oxygens (including phenoxy) is 4. The van der Waals surface area contributed by atoms with Crippen molar-refractivity contribution >= 4 is 5.91 Å². The van der Waals surface area contributed by atoms with Crippen molar-refractivity contribution in [2.24, 2.45) is 0 Å². The molecule has 0 saturated carbocycles. The van der Waals surface area contributed by atoms with Crippen LogP contribution in [0.1, 0.15) is 34.6 Å². The minimum absolute atomic E-state index is 0.257. The van der Waals surface area contributed by atoms with Gasteiger partial charge in [0.2, 0.25) is 17.1 Å². The second-order valence-corrected chi connectivity index (χ2v) is 6.65. The number of amides is 1. The molecule has 0 unspecified atom stereocenters. The number of carbonyl (C=O) groups excluding carboxylic acids is 1. The lowest BCUT2D eigenvalue weighted by Crippen LogP contribution is -2.26. The lowest BCUT2D eigenvalue weighted by Gasteiger charge is -2.19. The Hall–Kier alpha value is -3.22. The third kappa shape index (κ3) is 3.72. The van der Waals surface area contributed by atoms with Gasteiger partial charge >= 0.3 is 0 Å². The summed E-state index contributed by atoms with van der Waals surface area (Å²) in [5.74, 6) is 0.695. The third-order valence-corrected chi connectivity index (χ3v) is 4.99. The summed E-state index contributed by atoms with van der Waals surface area (Å²) in [5.41, 5.74) is 2.04. The lowest BCUT2D eigenvalue weighted by atomic mass is 9.95. The second kappa shape index (κ2) is 8.43.